The lowest BCUT2D eigenvalue weighted by Crippen LogP contribution is -2.36. The fourth-order valence-corrected chi connectivity index (χ4v) is 4.39. The van der Waals surface area contributed by atoms with Crippen molar-refractivity contribution in [1.82, 2.24) is 13.9 Å². The Kier molecular flexibility index (Phi) is 7.76. The van der Waals surface area contributed by atoms with Crippen molar-refractivity contribution in [3.63, 3.8) is 0 Å². The number of fused-ring (bicyclic) bond motifs is 1. The third kappa shape index (κ3) is 5.67. The Bertz CT molecular complexity index is 1390. The van der Waals surface area contributed by atoms with E-state index in [0.29, 0.717) is 27.2 Å². The van der Waals surface area contributed by atoms with E-state index in [9.17, 15) is 13.6 Å². The maximum Gasteiger partial charge on any atom is 0.426 e. The van der Waals surface area contributed by atoms with Gasteiger partial charge in [-0.05, 0) is 55.3 Å². The minimum absolute atomic E-state index is 0.0531. The van der Waals surface area contributed by atoms with Gasteiger partial charge in [0, 0.05) is 18.7 Å². The van der Waals surface area contributed by atoms with Crippen LogP contribution in [0.15, 0.2) is 60.7 Å². The number of carbonyl (C=O) groups excluding carboxylic acids is 1. The average molecular weight is 531 g/mol. The Labute approximate surface area is 215 Å². The highest BCUT2D eigenvalue weighted by molar-refractivity contribution is 7.77. The normalized spacial score (nSPS) is 12.0. The van der Waals surface area contributed by atoms with Gasteiger partial charge in [0.1, 0.15) is 11.6 Å². The summed E-state index contributed by atoms with van der Waals surface area (Å²) < 4.78 is 31.2. The Hall–Kier alpha value is -2.91. The van der Waals surface area contributed by atoms with Crippen LogP contribution >= 0.6 is 23.2 Å². The van der Waals surface area contributed by atoms with Crippen LogP contribution in [0, 0.1) is 6.92 Å². The number of nitrogens with zero attached hydrogens (tertiary/aromatic N) is 3. The summed E-state index contributed by atoms with van der Waals surface area (Å²) in [7, 11) is 0. The summed E-state index contributed by atoms with van der Waals surface area (Å²) in [5.74, 6) is 1.14. The SMILES string of the molecule is CCc1nc2cc(Cl)c(Cl)cc2n1-c1ccc(CCN(C(=O)Oc2ccc(C)cc2)S(=O)[O-])cc1. The lowest BCUT2D eigenvalue weighted by molar-refractivity contribution is 0.178. The number of amides is 1. The van der Waals surface area contributed by atoms with Crippen molar-refractivity contribution >= 4 is 51.6 Å². The van der Waals surface area contributed by atoms with Gasteiger partial charge in [-0.1, -0.05) is 60.0 Å². The molecule has 4 rings (SSSR count). The molecule has 0 aliphatic carbocycles. The van der Waals surface area contributed by atoms with E-state index in [1.54, 1.807) is 36.4 Å². The molecule has 0 saturated heterocycles. The van der Waals surface area contributed by atoms with Gasteiger partial charge < -0.3 is 9.29 Å². The molecule has 0 bridgehead atoms. The van der Waals surface area contributed by atoms with E-state index in [1.165, 1.54) is 0 Å². The zero-order valence-electron chi connectivity index (χ0n) is 19.0. The van der Waals surface area contributed by atoms with Gasteiger partial charge in [0.25, 0.3) is 0 Å². The molecule has 1 unspecified atom stereocenters. The van der Waals surface area contributed by atoms with Gasteiger partial charge in [0.05, 0.1) is 32.3 Å². The number of imidazole rings is 1. The lowest BCUT2D eigenvalue weighted by Gasteiger charge is -2.23. The second-order valence-corrected chi connectivity index (χ2v) is 9.58. The van der Waals surface area contributed by atoms with Crippen LogP contribution in [-0.4, -0.2) is 35.3 Å². The second-order valence-electron chi connectivity index (χ2n) is 7.89. The molecule has 1 heterocycles. The summed E-state index contributed by atoms with van der Waals surface area (Å²) in [6, 6.07) is 17.9. The molecule has 0 aliphatic rings. The van der Waals surface area contributed by atoms with E-state index in [4.69, 9.17) is 27.9 Å². The van der Waals surface area contributed by atoms with Crippen LogP contribution in [0.25, 0.3) is 16.7 Å². The monoisotopic (exact) mass is 530 g/mol. The Morgan fingerprint density at radius 3 is 2.37 bits per heavy atom. The van der Waals surface area contributed by atoms with Gasteiger partial charge in [-0.15, -0.1) is 0 Å². The van der Waals surface area contributed by atoms with Crippen LogP contribution in [0.3, 0.4) is 0 Å². The molecule has 0 radical (unpaired) electrons. The van der Waals surface area contributed by atoms with Crippen LogP contribution in [-0.2, 0) is 24.1 Å². The molecule has 10 heteroatoms. The number of hydrogen-bond acceptors (Lipinski definition) is 5. The van der Waals surface area contributed by atoms with Crippen molar-refractivity contribution < 1.29 is 18.3 Å². The van der Waals surface area contributed by atoms with Gasteiger partial charge >= 0.3 is 6.09 Å². The molecule has 1 atom stereocenters. The first-order chi connectivity index (χ1) is 16.8. The zero-order valence-corrected chi connectivity index (χ0v) is 21.4. The number of aromatic nitrogens is 2. The van der Waals surface area contributed by atoms with Crippen LogP contribution in [0.2, 0.25) is 10.0 Å². The van der Waals surface area contributed by atoms with E-state index < -0.39 is 17.4 Å². The van der Waals surface area contributed by atoms with Crippen molar-refractivity contribution in [3.8, 4) is 11.4 Å². The molecule has 1 aromatic heterocycles. The largest absolute Gasteiger partial charge is 0.755 e. The summed E-state index contributed by atoms with van der Waals surface area (Å²) in [5.41, 5.74) is 4.33. The third-order valence-electron chi connectivity index (χ3n) is 5.49. The van der Waals surface area contributed by atoms with E-state index in [2.05, 4.69) is 4.98 Å². The minimum atomic E-state index is -2.77. The molecule has 4 aromatic rings. The smallest absolute Gasteiger partial charge is 0.426 e. The third-order valence-corrected chi connectivity index (χ3v) is 6.90. The quantitative estimate of drug-likeness (QED) is 0.272. The van der Waals surface area contributed by atoms with Crippen molar-refractivity contribution in [3.05, 3.63) is 87.7 Å². The molecule has 182 valence electrons. The fraction of sp³-hybridized carbons (Fsp3) is 0.200. The Balaban J connectivity index is 1.50. The summed E-state index contributed by atoms with van der Waals surface area (Å²) in [4.78, 5) is 17.1. The molecule has 0 N–H and O–H groups in total. The number of ether oxygens (including phenoxy) is 1. The molecular formula is C25H22Cl2N3O4S-. The molecule has 0 saturated carbocycles. The number of hydrogen-bond donors (Lipinski definition) is 0. The molecule has 0 aliphatic heterocycles. The molecule has 1 amide bonds. The van der Waals surface area contributed by atoms with Gasteiger partial charge in [-0.25, -0.2) is 14.1 Å². The molecule has 7 nitrogen and oxygen atoms in total. The van der Waals surface area contributed by atoms with Gasteiger partial charge in [0.2, 0.25) is 0 Å². The van der Waals surface area contributed by atoms with Crippen molar-refractivity contribution in [2.24, 2.45) is 0 Å². The first kappa shape index (κ1) is 25.2. The lowest BCUT2D eigenvalue weighted by atomic mass is 10.1. The van der Waals surface area contributed by atoms with Crippen LogP contribution in [0.5, 0.6) is 5.75 Å². The minimum Gasteiger partial charge on any atom is -0.755 e. The highest BCUT2D eigenvalue weighted by Crippen LogP contribution is 2.30. The van der Waals surface area contributed by atoms with Crippen molar-refractivity contribution in [2.45, 2.75) is 26.7 Å². The van der Waals surface area contributed by atoms with Crippen LogP contribution < -0.4 is 4.74 Å². The Morgan fingerprint density at radius 2 is 1.74 bits per heavy atom. The van der Waals surface area contributed by atoms with Gasteiger partial charge in [-0.2, -0.15) is 0 Å². The van der Waals surface area contributed by atoms with E-state index in [-0.39, 0.29) is 12.3 Å². The van der Waals surface area contributed by atoms with E-state index >= 15 is 0 Å². The molecule has 0 fully saturated rings. The number of carbonyl (C=O) groups is 1. The number of halogens is 2. The van der Waals surface area contributed by atoms with Crippen molar-refractivity contribution in [2.75, 3.05) is 6.54 Å². The van der Waals surface area contributed by atoms with Crippen molar-refractivity contribution in [1.29, 1.82) is 0 Å². The summed E-state index contributed by atoms with van der Waals surface area (Å²) in [6.07, 6.45) is 0.0788. The number of aryl methyl sites for hydroxylation is 2. The fourth-order valence-electron chi connectivity index (χ4n) is 3.67. The van der Waals surface area contributed by atoms with Crippen LogP contribution in [0.4, 0.5) is 4.79 Å². The molecule has 3 aromatic carbocycles. The number of benzene rings is 3. The predicted octanol–water partition coefficient (Wildman–Crippen LogP) is 6.04. The molecule has 35 heavy (non-hydrogen) atoms. The van der Waals surface area contributed by atoms with E-state index in [0.717, 1.165) is 33.7 Å². The predicted molar refractivity (Wildman–Crippen MR) is 137 cm³/mol. The van der Waals surface area contributed by atoms with Crippen LogP contribution in [0.1, 0.15) is 23.9 Å². The second kappa shape index (κ2) is 10.8. The number of rotatable bonds is 7. The molecular weight excluding hydrogens is 509 g/mol. The molecule has 0 spiro atoms. The first-order valence-corrected chi connectivity index (χ1v) is 12.7. The maximum absolute atomic E-state index is 12.4. The summed E-state index contributed by atoms with van der Waals surface area (Å²) in [5, 5.41) is 0.894. The van der Waals surface area contributed by atoms with Gasteiger partial charge in [0.15, 0.2) is 0 Å². The zero-order chi connectivity index (χ0) is 25.1. The summed E-state index contributed by atoms with van der Waals surface area (Å²) >= 11 is 9.63. The average Bonchev–Trinajstić information content (AvgIpc) is 3.18. The topological polar surface area (TPSA) is 87.5 Å². The van der Waals surface area contributed by atoms with E-state index in [1.807, 2.05) is 42.7 Å². The van der Waals surface area contributed by atoms with Gasteiger partial charge in [-0.3, -0.25) is 8.78 Å². The first-order valence-electron chi connectivity index (χ1n) is 10.9. The maximum atomic E-state index is 12.4. The standard InChI is InChI=1S/C25H23Cl2N3O4S/c1-3-24-28-22-14-20(26)21(27)15-23(22)30(24)18-8-6-17(7-9-18)12-13-29(35(32)33)25(31)34-19-10-4-16(2)5-11-19/h4-11,14-15H,3,12-13H2,1-2H3,(H,32,33)/p-1. The summed E-state index contributed by atoms with van der Waals surface area (Å²) in [6.45, 7) is 3.87. The highest BCUT2D eigenvalue weighted by Gasteiger charge is 2.18. The highest BCUT2D eigenvalue weighted by atomic mass is 35.5. The Morgan fingerprint density at radius 1 is 1.09 bits per heavy atom.